The number of ether oxygens (including phenoxy) is 1. The van der Waals surface area contributed by atoms with Gasteiger partial charge in [-0.05, 0) is 31.5 Å². The molecule has 3 aromatic rings. The molecule has 0 aliphatic carbocycles. The number of imidazole rings is 1. The molecule has 2 aliphatic heterocycles. The Kier molecular flexibility index (Phi) is 8.43. The minimum Gasteiger partial charge on any atom is -0.378 e. The summed E-state index contributed by atoms with van der Waals surface area (Å²) in [6, 6.07) is 6.35. The fourth-order valence-corrected chi connectivity index (χ4v) is 4.88. The summed E-state index contributed by atoms with van der Waals surface area (Å²) in [5, 5.41) is 0. The number of aromatic nitrogens is 5. The zero-order valence-corrected chi connectivity index (χ0v) is 21.8. The van der Waals surface area contributed by atoms with Gasteiger partial charge in [0.25, 0.3) is 6.43 Å². The van der Waals surface area contributed by atoms with Gasteiger partial charge in [0, 0.05) is 39.3 Å². The predicted molar refractivity (Wildman–Crippen MR) is 142 cm³/mol. The Hall–Kier alpha value is -3.49. The van der Waals surface area contributed by atoms with Crippen molar-refractivity contribution in [3.05, 3.63) is 30.1 Å². The van der Waals surface area contributed by atoms with E-state index in [0.29, 0.717) is 88.4 Å². The van der Waals surface area contributed by atoms with Crippen LogP contribution in [-0.4, -0.2) is 100 Å². The topological polar surface area (TPSA) is 145 Å². The molecule has 2 aromatic heterocycles. The summed E-state index contributed by atoms with van der Waals surface area (Å²) in [5.74, 6) is 0.310. The number of anilines is 2. The number of piperazine rings is 1. The van der Waals surface area contributed by atoms with Crippen molar-refractivity contribution < 1.29 is 18.3 Å². The van der Waals surface area contributed by atoms with Gasteiger partial charge in [0.15, 0.2) is 5.82 Å². The fraction of sp³-hybridized carbons (Fsp3) is 0.560. The lowest BCUT2D eigenvalue weighted by Crippen LogP contribution is -2.53. The van der Waals surface area contributed by atoms with Gasteiger partial charge in [-0.15, -0.1) is 0 Å². The van der Waals surface area contributed by atoms with Crippen LogP contribution < -0.4 is 21.3 Å². The quantitative estimate of drug-likeness (QED) is 0.376. The molecule has 12 nitrogen and oxygen atoms in total. The second kappa shape index (κ2) is 12.1. The molecule has 1 atom stereocenters. The minimum absolute atomic E-state index is 0.0749. The number of carbonyl (C=O) groups is 1. The third-order valence-corrected chi connectivity index (χ3v) is 7.04. The van der Waals surface area contributed by atoms with E-state index < -0.39 is 18.3 Å². The van der Waals surface area contributed by atoms with Crippen LogP contribution in [0.2, 0.25) is 0 Å². The molecule has 2 aliphatic rings. The summed E-state index contributed by atoms with van der Waals surface area (Å²) in [5.41, 5.74) is 12.6. The maximum atomic E-state index is 14.1. The van der Waals surface area contributed by atoms with Crippen LogP contribution in [0.1, 0.15) is 31.5 Å². The molecule has 4 heterocycles. The van der Waals surface area contributed by atoms with Gasteiger partial charge in [0.05, 0.1) is 30.3 Å². The van der Waals surface area contributed by atoms with E-state index in [0.717, 1.165) is 12.8 Å². The Balaban J connectivity index is 1.43. The van der Waals surface area contributed by atoms with E-state index in [1.54, 1.807) is 29.2 Å². The van der Waals surface area contributed by atoms with E-state index in [2.05, 4.69) is 15.0 Å². The number of nitrogens with zero attached hydrogens (tertiary/aromatic N) is 8. The standard InChI is InChI=1S/C25H34F2N10O2/c26-20(27)21-30-18-6-1-2-7-19(18)37(21)25-32-23(31-24(33-25)36-13-15-39-16-14-36)35-11-9-34(10-12-35)22(38)17(29)5-3-4-8-28/h1-2,6-7,17,20H,3-5,8-16,28-29H2. The van der Waals surface area contributed by atoms with E-state index in [-0.39, 0.29) is 11.9 Å². The highest BCUT2D eigenvalue weighted by atomic mass is 19.3. The van der Waals surface area contributed by atoms with Crippen LogP contribution in [0.25, 0.3) is 17.0 Å². The Morgan fingerprint density at radius 1 is 0.897 bits per heavy atom. The largest absolute Gasteiger partial charge is 0.378 e. The molecule has 210 valence electrons. The number of rotatable bonds is 9. The van der Waals surface area contributed by atoms with Gasteiger partial charge in [-0.2, -0.15) is 15.0 Å². The van der Waals surface area contributed by atoms with Crippen molar-refractivity contribution in [2.45, 2.75) is 31.7 Å². The lowest BCUT2D eigenvalue weighted by atomic mass is 10.1. The molecule has 1 aromatic carbocycles. The van der Waals surface area contributed by atoms with Crippen LogP contribution in [0.5, 0.6) is 0 Å². The van der Waals surface area contributed by atoms with Crippen LogP contribution in [0.3, 0.4) is 0 Å². The molecule has 14 heteroatoms. The molecule has 5 rings (SSSR count). The second-order valence-electron chi connectivity index (χ2n) is 9.63. The fourth-order valence-electron chi connectivity index (χ4n) is 4.88. The average Bonchev–Trinajstić information content (AvgIpc) is 3.37. The Morgan fingerprint density at radius 3 is 2.21 bits per heavy atom. The SMILES string of the molecule is NCCCCC(N)C(=O)N1CCN(c2nc(N3CCOCC3)nc(-n3c(C(F)F)nc4ccccc43)n2)CC1. The molecule has 1 amide bonds. The number of amides is 1. The van der Waals surface area contributed by atoms with Crippen molar-refractivity contribution in [2.75, 3.05) is 68.8 Å². The van der Waals surface area contributed by atoms with Gasteiger partial charge < -0.3 is 30.9 Å². The Labute approximate surface area is 224 Å². The lowest BCUT2D eigenvalue weighted by Gasteiger charge is -2.36. The third-order valence-electron chi connectivity index (χ3n) is 7.04. The molecule has 0 saturated carbocycles. The number of unbranched alkanes of at least 4 members (excludes halogenated alkanes) is 1. The summed E-state index contributed by atoms with van der Waals surface area (Å²) in [4.78, 5) is 36.6. The number of carbonyl (C=O) groups excluding carboxylic acids is 1. The zero-order chi connectivity index (χ0) is 27.4. The van der Waals surface area contributed by atoms with E-state index in [9.17, 15) is 13.6 Å². The zero-order valence-electron chi connectivity index (χ0n) is 21.8. The lowest BCUT2D eigenvalue weighted by molar-refractivity contribution is -0.133. The van der Waals surface area contributed by atoms with Crippen molar-refractivity contribution in [1.29, 1.82) is 0 Å². The minimum atomic E-state index is -2.83. The molecule has 4 N–H and O–H groups in total. The van der Waals surface area contributed by atoms with E-state index in [1.807, 2.05) is 9.80 Å². The number of para-hydroxylation sites is 2. The normalized spacial score (nSPS) is 17.3. The second-order valence-corrected chi connectivity index (χ2v) is 9.63. The molecule has 0 radical (unpaired) electrons. The number of halogens is 2. The van der Waals surface area contributed by atoms with E-state index in [1.165, 1.54) is 4.57 Å². The number of alkyl halides is 2. The molecule has 2 saturated heterocycles. The van der Waals surface area contributed by atoms with Gasteiger partial charge >= 0.3 is 0 Å². The smallest absolute Gasteiger partial charge is 0.296 e. The summed E-state index contributed by atoms with van der Waals surface area (Å²) >= 11 is 0. The van der Waals surface area contributed by atoms with Crippen LogP contribution in [0.15, 0.2) is 24.3 Å². The first-order valence-corrected chi connectivity index (χ1v) is 13.3. The highest BCUT2D eigenvalue weighted by Crippen LogP contribution is 2.28. The molecular weight excluding hydrogens is 510 g/mol. The Bertz CT molecular complexity index is 1270. The van der Waals surface area contributed by atoms with E-state index >= 15 is 0 Å². The molecule has 1 unspecified atom stereocenters. The highest BCUT2D eigenvalue weighted by molar-refractivity contribution is 5.82. The van der Waals surface area contributed by atoms with Crippen molar-refractivity contribution in [1.82, 2.24) is 29.4 Å². The van der Waals surface area contributed by atoms with Crippen LogP contribution >= 0.6 is 0 Å². The van der Waals surface area contributed by atoms with Gasteiger partial charge in [-0.1, -0.05) is 18.6 Å². The number of hydrogen-bond acceptors (Lipinski definition) is 10. The molecule has 0 bridgehead atoms. The van der Waals surface area contributed by atoms with Crippen molar-refractivity contribution in [3.8, 4) is 5.95 Å². The summed E-state index contributed by atoms with van der Waals surface area (Å²) in [7, 11) is 0. The molecule has 0 spiro atoms. The van der Waals surface area contributed by atoms with Gasteiger partial charge in [0.2, 0.25) is 23.8 Å². The number of benzene rings is 1. The number of nitrogens with two attached hydrogens (primary N) is 2. The third kappa shape index (κ3) is 5.92. The summed E-state index contributed by atoms with van der Waals surface area (Å²) < 4.78 is 35.0. The van der Waals surface area contributed by atoms with Gasteiger partial charge in [-0.25, -0.2) is 13.8 Å². The van der Waals surface area contributed by atoms with Gasteiger partial charge in [0.1, 0.15) is 0 Å². The maximum absolute atomic E-state index is 14.1. The number of fused-ring (bicyclic) bond motifs is 1. The van der Waals surface area contributed by atoms with Crippen LogP contribution in [0, 0.1) is 0 Å². The molecule has 2 fully saturated rings. The van der Waals surface area contributed by atoms with Crippen molar-refractivity contribution in [3.63, 3.8) is 0 Å². The van der Waals surface area contributed by atoms with Crippen LogP contribution in [0.4, 0.5) is 20.7 Å². The number of hydrogen-bond donors (Lipinski definition) is 2. The average molecular weight is 545 g/mol. The predicted octanol–water partition coefficient (Wildman–Crippen LogP) is 1.09. The molecular formula is C25H34F2N10O2. The highest BCUT2D eigenvalue weighted by Gasteiger charge is 2.29. The monoisotopic (exact) mass is 544 g/mol. The number of morpholine rings is 1. The van der Waals surface area contributed by atoms with Crippen LogP contribution in [-0.2, 0) is 9.53 Å². The first-order valence-electron chi connectivity index (χ1n) is 13.3. The summed E-state index contributed by atoms with van der Waals surface area (Å²) in [6.45, 7) is 4.59. The van der Waals surface area contributed by atoms with Crippen molar-refractivity contribution >= 4 is 28.8 Å². The first kappa shape index (κ1) is 27.1. The maximum Gasteiger partial charge on any atom is 0.296 e. The van der Waals surface area contributed by atoms with Gasteiger partial charge in [-0.3, -0.25) is 9.36 Å². The molecule has 39 heavy (non-hydrogen) atoms. The van der Waals surface area contributed by atoms with E-state index in [4.69, 9.17) is 21.2 Å². The first-order chi connectivity index (χ1) is 19.0. The Morgan fingerprint density at radius 2 is 1.54 bits per heavy atom. The summed E-state index contributed by atoms with van der Waals surface area (Å²) in [6.07, 6.45) is -0.582. The van der Waals surface area contributed by atoms with Crippen molar-refractivity contribution in [2.24, 2.45) is 11.5 Å².